The van der Waals surface area contributed by atoms with Crippen molar-refractivity contribution in [3.63, 3.8) is 0 Å². The number of ether oxygens (including phenoxy) is 1. The van der Waals surface area contributed by atoms with Crippen LogP contribution in [0, 0.1) is 0 Å². The number of hydrogen-bond donors (Lipinski definition) is 1. The van der Waals surface area contributed by atoms with Gasteiger partial charge in [0.25, 0.3) is 0 Å². The van der Waals surface area contributed by atoms with Gasteiger partial charge in [0.2, 0.25) is 17.6 Å². The van der Waals surface area contributed by atoms with Crippen molar-refractivity contribution in [1.82, 2.24) is 10.1 Å². The molecule has 0 fully saturated rings. The number of nitrogens with one attached hydrogen (secondary N) is 1. The Labute approximate surface area is 168 Å². The van der Waals surface area contributed by atoms with E-state index in [0.717, 1.165) is 11.3 Å². The topological polar surface area (TPSA) is 77.2 Å². The number of amides is 1. The predicted molar refractivity (Wildman–Crippen MR) is 109 cm³/mol. The van der Waals surface area contributed by atoms with E-state index < -0.39 is 0 Å². The molecule has 7 heteroatoms. The summed E-state index contributed by atoms with van der Waals surface area (Å²) in [6, 6.07) is 14.7. The number of aryl methyl sites for hydroxylation is 1. The molecule has 0 saturated carbocycles. The van der Waals surface area contributed by atoms with Gasteiger partial charge in [0.05, 0.1) is 11.1 Å². The standard InChI is InChI=1S/C21H22ClN3O3/c1-14(2)27-18-12-11-15(13-17(18)22)21-24-20(28-25-21)10-6-9-19(26)23-16-7-4-3-5-8-16/h3-5,7-8,11-14H,6,9-10H2,1-2H3,(H,23,26). The Bertz CT molecular complexity index is 926. The number of carbonyl (C=O) groups is 1. The fourth-order valence-electron chi connectivity index (χ4n) is 2.61. The normalized spacial score (nSPS) is 10.9. The summed E-state index contributed by atoms with van der Waals surface area (Å²) in [7, 11) is 0. The minimum absolute atomic E-state index is 0.0409. The summed E-state index contributed by atoms with van der Waals surface area (Å²) in [4.78, 5) is 16.4. The van der Waals surface area contributed by atoms with Crippen molar-refractivity contribution < 1.29 is 14.1 Å². The molecule has 2 aromatic carbocycles. The fourth-order valence-corrected chi connectivity index (χ4v) is 2.83. The van der Waals surface area contributed by atoms with E-state index in [1.165, 1.54) is 0 Å². The van der Waals surface area contributed by atoms with E-state index in [2.05, 4.69) is 15.5 Å². The molecule has 1 amide bonds. The first-order valence-corrected chi connectivity index (χ1v) is 9.53. The van der Waals surface area contributed by atoms with E-state index in [1.54, 1.807) is 12.1 Å². The highest BCUT2D eigenvalue weighted by molar-refractivity contribution is 6.32. The number of benzene rings is 2. The molecule has 0 aliphatic carbocycles. The Morgan fingerprint density at radius 1 is 1.21 bits per heavy atom. The van der Waals surface area contributed by atoms with E-state index in [4.69, 9.17) is 20.9 Å². The number of halogens is 1. The predicted octanol–water partition coefficient (Wildman–Crippen LogP) is 5.14. The Morgan fingerprint density at radius 3 is 2.71 bits per heavy atom. The maximum Gasteiger partial charge on any atom is 0.226 e. The van der Waals surface area contributed by atoms with Gasteiger partial charge in [0.1, 0.15) is 5.75 Å². The lowest BCUT2D eigenvalue weighted by Crippen LogP contribution is -2.11. The van der Waals surface area contributed by atoms with Crippen molar-refractivity contribution in [2.75, 3.05) is 5.32 Å². The van der Waals surface area contributed by atoms with Gasteiger partial charge >= 0.3 is 0 Å². The van der Waals surface area contributed by atoms with Crippen molar-refractivity contribution in [2.45, 2.75) is 39.2 Å². The molecule has 0 saturated heterocycles. The van der Waals surface area contributed by atoms with Gasteiger partial charge in [-0.05, 0) is 50.6 Å². The third-order valence-electron chi connectivity index (χ3n) is 3.87. The van der Waals surface area contributed by atoms with Crippen LogP contribution in [0.3, 0.4) is 0 Å². The van der Waals surface area contributed by atoms with Gasteiger partial charge in [-0.1, -0.05) is 35.0 Å². The fraction of sp³-hybridized carbons (Fsp3) is 0.286. The van der Waals surface area contributed by atoms with Gasteiger partial charge in [-0.2, -0.15) is 4.98 Å². The minimum Gasteiger partial charge on any atom is -0.489 e. The second-order valence-electron chi connectivity index (χ2n) is 6.59. The van der Waals surface area contributed by atoms with Crippen LogP contribution in [0.1, 0.15) is 32.6 Å². The molecule has 146 valence electrons. The number of para-hydroxylation sites is 1. The molecule has 0 radical (unpaired) electrons. The van der Waals surface area contributed by atoms with Crippen LogP contribution < -0.4 is 10.1 Å². The largest absolute Gasteiger partial charge is 0.489 e. The summed E-state index contributed by atoms with van der Waals surface area (Å²) in [5, 5.41) is 7.35. The van der Waals surface area contributed by atoms with Crippen LogP contribution in [0.5, 0.6) is 5.75 Å². The van der Waals surface area contributed by atoms with Crippen LogP contribution in [0.15, 0.2) is 53.1 Å². The Morgan fingerprint density at radius 2 is 2.00 bits per heavy atom. The first-order valence-electron chi connectivity index (χ1n) is 9.15. The van der Waals surface area contributed by atoms with E-state index in [9.17, 15) is 4.79 Å². The molecule has 0 aliphatic rings. The van der Waals surface area contributed by atoms with Gasteiger partial charge in [-0.3, -0.25) is 4.79 Å². The number of rotatable bonds is 8. The lowest BCUT2D eigenvalue weighted by molar-refractivity contribution is -0.116. The smallest absolute Gasteiger partial charge is 0.226 e. The molecule has 28 heavy (non-hydrogen) atoms. The molecule has 0 aliphatic heterocycles. The van der Waals surface area contributed by atoms with Crippen LogP contribution in [0.4, 0.5) is 5.69 Å². The summed E-state index contributed by atoms with van der Waals surface area (Å²) in [5.41, 5.74) is 1.53. The van der Waals surface area contributed by atoms with Crippen LogP contribution in [0.25, 0.3) is 11.4 Å². The zero-order valence-electron chi connectivity index (χ0n) is 15.8. The molecular weight excluding hydrogens is 378 g/mol. The molecule has 1 N–H and O–H groups in total. The van der Waals surface area contributed by atoms with Crippen LogP contribution in [0.2, 0.25) is 5.02 Å². The highest BCUT2D eigenvalue weighted by Crippen LogP contribution is 2.30. The maximum atomic E-state index is 12.0. The van der Waals surface area contributed by atoms with E-state index >= 15 is 0 Å². The second-order valence-corrected chi connectivity index (χ2v) is 7.00. The lowest BCUT2D eigenvalue weighted by atomic mass is 10.2. The SMILES string of the molecule is CC(C)Oc1ccc(-c2noc(CCCC(=O)Nc3ccccc3)n2)cc1Cl. The van der Waals surface area contributed by atoms with Crippen LogP contribution in [-0.4, -0.2) is 22.2 Å². The number of hydrogen-bond acceptors (Lipinski definition) is 5. The van der Waals surface area contributed by atoms with E-state index in [1.807, 2.05) is 50.2 Å². The quantitative estimate of drug-likeness (QED) is 0.567. The first kappa shape index (κ1) is 19.9. The summed E-state index contributed by atoms with van der Waals surface area (Å²) in [6.45, 7) is 3.88. The van der Waals surface area contributed by atoms with Gasteiger partial charge in [-0.25, -0.2) is 0 Å². The number of aromatic nitrogens is 2. The van der Waals surface area contributed by atoms with Crippen molar-refractivity contribution in [3.05, 3.63) is 59.4 Å². The summed E-state index contributed by atoms with van der Waals surface area (Å²) < 4.78 is 10.9. The molecular formula is C21H22ClN3O3. The molecule has 0 bridgehead atoms. The zero-order valence-corrected chi connectivity index (χ0v) is 16.6. The van der Waals surface area contributed by atoms with Crippen molar-refractivity contribution in [2.24, 2.45) is 0 Å². The highest BCUT2D eigenvalue weighted by Gasteiger charge is 2.12. The summed E-state index contributed by atoms with van der Waals surface area (Å²) in [6.07, 6.45) is 1.55. The third kappa shape index (κ3) is 5.57. The molecule has 0 atom stereocenters. The molecule has 1 aromatic heterocycles. The Hall–Kier alpha value is -2.86. The third-order valence-corrected chi connectivity index (χ3v) is 4.17. The van der Waals surface area contributed by atoms with E-state index in [-0.39, 0.29) is 12.0 Å². The van der Waals surface area contributed by atoms with Gasteiger partial charge < -0.3 is 14.6 Å². The molecule has 0 spiro atoms. The van der Waals surface area contributed by atoms with Crippen LogP contribution in [-0.2, 0) is 11.2 Å². The molecule has 1 heterocycles. The Kier molecular flexibility index (Phi) is 6.66. The average Bonchev–Trinajstić information content (AvgIpc) is 3.13. The van der Waals surface area contributed by atoms with Crippen LogP contribution >= 0.6 is 11.6 Å². The summed E-state index contributed by atoms with van der Waals surface area (Å²) >= 11 is 6.26. The molecule has 3 aromatic rings. The highest BCUT2D eigenvalue weighted by atomic mass is 35.5. The maximum absolute atomic E-state index is 12.0. The zero-order chi connectivity index (χ0) is 19.9. The van der Waals surface area contributed by atoms with Gasteiger partial charge in [0.15, 0.2) is 0 Å². The van der Waals surface area contributed by atoms with Crippen molar-refractivity contribution in [3.8, 4) is 17.1 Å². The first-order chi connectivity index (χ1) is 13.5. The lowest BCUT2D eigenvalue weighted by Gasteiger charge is -2.11. The number of nitrogens with zero attached hydrogens (tertiary/aromatic N) is 2. The second kappa shape index (κ2) is 9.37. The average molecular weight is 400 g/mol. The summed E-state index contributed by atoms with van der Waals surface area (Å²) in [5.74, 6) is 1.52. The van der Waals surface area contributed by atoms with Crippen molar-refractivity contribution in [1.29, 1.82) is 0 Å². The van der Waals surface area contributed by atoms with E-state index in [0.29, 0.717) is 41.7 Å². The Balaban J connectivity index is 1.53. The molecule has 0 unspecified atom stereocenters. The monoisotopic (exact) mass is 399 g/mol. The minimum atomic E-state index is -0.0431. The molecule has 3 rings (SSSR count). The van der Waals surface area contributed by atoms with Gasteiger partial charge in [0, 0.05) is 24.1 Å². The molecule has 6 nitrogen and oxygen atoms in total. The number of carbonyl (C=O) groups excluding carboxylic acids is 1. The van der Waals surface area contributed by atoms with Gasteiger partial charge in [-0.15, -0.1) is 0 Å². The number of anilines is 1. The van der Waals surface area contributed by atoms with Crippen molar-refractivity contribution >= 4 is 23.2 Å².